The first-order valence-electron chi connectivity index (χ1n) is 8.41. The van der Waals surface area contributed by atoms with Gasteiger partial charge in [0, 0.05) is 24.7 Å². The van der Waals surface area contributed by atoms with Crippen LogP contribution in [0.15, 0.2) is 24.3 Å². The summed E-state index contributed by atoms with van der Waals surface area (Å²) in [5, 5.41) is 14.3. The minimum atomic E-state index is -0.342. The number of likely N-dealkylation sites (tertiary alicyclic amines) is 1. The number of nitro groups is 1. The smallest absolute Gasteiger partial charge is 0.269 e. The molecule has 0 aliphatic carbocycles. The number of non-ortho nitro benzene ring substituents is 1. The fourth-order valence-corrected chi connectivity index (χ4v) is 3.76. The van der Waals surface area contributed by atoms with Crippen LogP contribution in [0.5, 0.6) is 0 Å². The third-order valence-corrected chi connectivity index (χ3v) is 5.16. The molecule has 120 valence electrons. The predicted molar refractivity (Wildman–Crippen MR) is 87.0 cm³/mol. The fraction of sp³-hybridized carbons (Fsp3) is 0.647. The zero-order valence-electron chi connectivity index (χ0n) is 13.0. The number of piperidine rings is 1. The Hall–Kier alpha value is -1.46. The molecule has 5 heteroatoms. The molecule has 1 atom stereocenters. The van der Waals surface area contributed by atoms with Crippen molar-refractivity contribution < 1.29 is 4.92 Å². The summed E-state index contributed by atoms with van der Waals surface area (Å²) >= 11 is 0. The van der Waals surface area contributed by atoms with Crippen LogP contribution >= 0.6 is 0 Å². The van der Waals surface area contributed by atoms with Crippen molar-refractivity contribution in [1.82, 2.24) is 10.2 Å². The van der Waals surface area contributed by atoms with Gasteiger partial charge >= 0.3 is 0 Å². The van der Waals surface area contributed by atoms with Gasteiger partial charge in [0.05, 0.1) is 4.92 Å². The van der Waals surface area contributed by atoms with Gasteiger partial charge in [0.1, 0.15) is 0 Å². The third kappa shape index (κ3) is 3.84. The van der Waals surface area contributed by atoms with Gasteiger partial charge in [-0.25, -0.2) is 0 Å². The van der Waals surface area contributed by atoms with Gasteiger partial charge in [-0.15, -0.1) is 0 Å². The van der Waals surface area contributed by atoms with Crippen molar-refractivity contribution in [1.29, 1.82) is 0 Å². The molecule has 0 aromatic heterocycles. The minimum Gasteiger partial charge on any atom is -0.314 e. The Bertz CT molecular complexity index is 489. The quantitative estimate of drug-likeness (QED) is 0.671. The van der Waals surface area contributed by atoms with E-state index in [1.807, 2.05) is 12.1 Å². The Morgan fingerprint density at radius 1 is 1.18 bits per heavy atom. The number of rotatable bonds is 5. The van der Waals surface area contributed by atoms with Crippen LogP contribution in [0.25, 0.3) is 0 Å². The van der Waals surface area contributed by atoms with Crippen molar-refractivity contribution in [2.24, 2.45) is 5.92 Å². The number of nitrogens with one attached hydrogen (secondary N) is 1. The monoisotopic (exact) mass is 303 g/mol. The first-order chi connectivity index (χ1) is 10.7. The fourth-order valence-electron chi connectivity index (χ4n) is 3.76. The van der Waals surface area contributed by atoms with Crippen LogP contribution in [-0.2, 0) is 6.42 Å². The Morgan fingerprint density at radius 2 is 1.91 bits per heavy atom. The minimum absolute atomic E-state index is 0.175. The zero-order chi connectivity index (χ0) is 15.4. The zero-order valence-corrected chi connectivity index (χ0v) is 13.0. The first kappa shape index (κ1) is 15.4. The molecule has 2 fully saturated rings. The van der Waals surface area contributed by atoms with Gasteiger partial charge in [0.2, 0.25) is 0 Å². The molecule has 2 heterocycles. The van der Waals surface area contributed by atoms with Crippen LogP contribution in [0.4, 0.5) is 5.69 Å². The van der Waals surface area contributed by atoms with E-state index < -0.39 is 0 Å². The van der Waals surface area contributed by atoms with E-state index in [1.165, 1.54) is 50.9 Å². The summed E-state index contributed by atoms with van der Waals surface area (Å²) < 4.78 is 0. The van der Waals surface area contributed by atoms with E-state index >= 15 is 0 Å². The summed E-state index contributed by atoms with van der Waals surface area (Å²) in [6.07, 6.45) is 6.28. The second kappa shape index (κ2) is 7.20. The molecule has 1 aromatic rings. The summed E-state index contributed by atoms with van der Waals surface area (Å²) in [5.74, 6) is 0.859. The molecule has 0 bridgehead atoms. The van der Waals surface area contributed by atoms with E-state index in [2.05, 4.69) is 10.2 Å². The molecule has 2 aliphatic heterocycles. The van der Waals surface area contributed by atoms with Gasteiger partial charge in [0.15, 0.2) is 0 Å². The van der Waals surface area contributed by atoms with Crippen molar-refractivity contribution in [3.05, 3.63) is 39.9 Å². The summed E-state index contributed by atoms with van der Waals surface area (Å²) in [6, 6.07) is 7.73. The maximum Gasteiger partial charge on any atom is 0.269 e. The lowest BCUT2D eigenvalue weighted by Gasteiger charge is -2.34. The molecular formula is C17H25N3O2. The first-order valence-corrected chi connectivity index (χ1v) is 8.41. The van der Waals surface area contributed by atoms with Crippen LogP contribution < -0.4 is 5.32 Å². The molecule has 0 saturated carbocycles. The van der Waals surface area contributed by atoms with Gasteiger partial charge in [-0.05, 0) is 63.2 Å². The summed E-state index contributed by atoms with van der Waals surface area (Å²) in [6.45, 7) is 4.64. The second-order valence-electron chi connectivity index (χ2n) is 6.56. The van der Waals surface area contributed by atoms with Crippen LogP contribution in [0.1, 0.15) is 31.2 Å². The number of nitro benzene ring substituents is 1. The molecule has 0 radical (unpaired) electrons. The van der Waals surface area contributed by atoms with Gasteiger partial charge in [-0.2, -0.15) is 0 Å². The van der Waals surface area contributed by atoms with E-state index in [9.17, 15) is 10.1 Å². The topological polar surface area (TPSA) is 58.4 Å². The van der Waals surface area contributed by atoms with Crippen molar-refractivity contribution in [3.8, 4) is 0 Å². The standard InChI is InChI=1S/C17H25N3O2/c21-20(22)16-5-3-14(4-6-16)7-11-19-12-8-15(9-13-19)17-2-1-10-18-17/h3-6,15,17-18H,1-2,7-13H2. The molecule has 5 nitrogen and oxygen atoms in total. The second-order valence-corrected chi connectivity index (χ2v) is 6.56. The predicted octanol–water partition coefficient (Wildman–Crippen LogP) is 2.60. The SMILES string of the molecule is O=[N+]([O-])c1ccc(CCN2CCC(C3CCCN3)CC2)cc1. The highest BCUT2D eigenvalue weighted by molar-refractivity contribution is 5.32. The lowest BCUT2D eigenvalue weighted by molar-refractivity contribution is -0.384. The number of benzene rings is 1. The molecular weight excluding hydrogens is 278 g/mol. The Morgan fingerprint density at radius 3 is 2.50 bits per heavy atom. The molecule has 2 aliphatic rings. The molecule has 0 amide bonds. The van der Waals surface area contributed by atoms with Crippen LogP contribution in [0.3, 0.4) is 0 Å². The van der Waals surface area contributed by atoms with Crippen LogP contribution in [-0.4, -0.2) is 42.0 Å². The van der Waals surface area contributed by atoms with Crippen molar-refractivity contribution in [2.45, 2.75) is 38.1 Å². The van der Waals surface area contributed by atoms with E-state index in [4.69, 9.17) is 0 Å². The van der Waals surface area contributed by atoms with E-state index in [-0.39, 0.29) is 10.6 Å². The highest BCUT2D eigenvalue weighted by Crippen LogP contribution is 2.25. The normalized spacial score (nSPS) is 23.7. The average molecular weight is 303 g/mol. The summed E-state index contributed by atoms with van der Waals surface area (Å²) in [7, 11) is 0. The lowest BCUT2D eigenvalue weighted by atomic mass is 9.88. The maximum absolute atomic E-state index is 10.6. The van der Waals surface area contributed by atoms with Gasteiger partial charge < -0.3 is 10.2 Å². The number of hydrogen-bond acceptors (Lipinski definition) is 4. The molecule has 1 aromatic carbocycles. The van der Waals surface area contributed by atoms with Crippen molar-refractivity contribution in [2.75, 3.05) is 26.2 Å². The summed E-state index contributed by atoms with van der Waals surface area (Å²) in [4.78, 5) is 12.8. The van der Waals surface area contributed by atoms with E-state index in [0.29, 0.717) is 0 Å². The Balaban J connectivity index is 1.42. The Labute approximate surface area is 131 Å². The highest BCUT2D eigenvalue weighted by atomic mass is 16.6. The number of hydrogen-bond donors (Lipinski definition) is 1. The highest BCUT2D eigenvalue weighted by Gasteiger charge is 2.27. The van der Waals surface area contributed by atoms with Crippen molar-refractivity contribution >= 4 is 5.69 Å². The maximum atomic E-state index is 10.6. The van der Waals surface area contributed by atoms with E-state index in [0.717, 1.165) is 24.9 Å². The third-order valence-electron chi connectivity index (χ3n) is 5.16. The molecule has 0 spiro atoms. The largest absolute Gasteiger partial charge is 0.314 e. The Kier molecular flexibility index (Phi) is 5.05. The van der Waals surface area contributed by atoms with Gasteiger partial charge in [-0.1, -0.05) is 12.1 Å². The summed E-state index contributed by atoms with van der Waals surface area (Å²) in [5.41, 5.74) is 1.36. The van der Waals surface area contributed by atoms with Crippen LogP contribution in [0, 0.1) is 16.0 Å². The van der Waals surface area contributed by atoms with Crippen LogP contribution in [0.2, 0.25) is 0 Å². The molecule has 1 unspecified atom stereocenters. The molecule has 1 N–H and O–H groups in total. The number of nitrogens with zero attached hydrogens (tertiary/aromatic N) is 2. The average Bonchev–Trinajstić information content (AvgIpc) is 3.08. The lowest BCUT2D eigenvalue weighted by Crippen LogP contribution is -2.41. The van der Waals surface area contributed by atoms with Crippen molar-refractivity contribution in [3.63, 3.8) is 0 Å². The van der Waals surface area contributed by atoms with Gasteiger partial charge in [-0.3, -0.25) is 10.1 Å². The molecule has 22 heavy (non-hydrogen) atoms. The van der Waals surface area contributed by atoms with Gasteiger partial charge in [0.25, 0.3) is 5.69 Å². The molecule has 2 saturated heterocycles. The van der Waals surface area contributed by atoms with E-state index in [1.54, 1.807) is 12.1 Å². The molecule has 3 rings (SSSR count).